The van der Waals surface area contributed by atoms with Crippen LogP contribution < -0.4 is 0 Å². The fourth-order valence-corrected chi connectivity index (χ4v) is 4.58. The van der Waals surface area contributed by atoms with E-state index < -0.39 is 0 Å². The summed E-state index contributed by atoms with van der Waals surface area (Å²) in [5, 5.41) is 1.10. The van der Waals surface area contributed by atoms with Crippen molar-refractivity contribution in [1.29, 1.82) is 0 Å². The molecule has 4 heteroatoms. The molecule has 0 saturated heterocycles. The zero-order chi connectivity index (χ0) is 19.6. The zero-order valence-corrected chi connectivity index (χ0v) is 17.7. The van der Waals surface area contributed by atoms with Gasteiger partial charge in [-0.15, -0.1) is 0 Å². The maximum absolute atomic E-state index is 12.7. The van der Waals surface area contributed by atoms with Gasteiger partial charge in [0.15, 0.2) is 0 Å². The van der Waals surface area contributed by atoms with Gasteiger partial charge in [0.2, 0.25) is 0 Å². The first-order valence-corrected chi connectivity index (χ1v) is 10.4. The van der Waals surface area contributed by atoms with Crippen molar-refractivity contribution in [2.24, 2.45) is 0 Å². The number of hydrogen-bond donors (Lipinski definition) is 0. The lowest BCUT2D eigenvalue weighted by molar-refractivity contribution is 0.0764. The van der Waals surface area contributed by atoms with Crippen LogP contribution in [0.4, 0.5) is 0 Å². The predicted molar refractivity (Wildman–Crippen MR) is 116 cm³/mol. The van der Waals surface area contributed by atoms with Crippen LogP contribution in [-0.2, 0) is 0 Å². The first kappa shape index (κ1) is 19.6. The van der Waals surface area contributed by atoms with Crippen molar-refractivity contribution in [2.75, 3.05) is 13.1 Å². The average molecular weight is 381 g/mol. The molecule has 0 spiro atoms. The van der Waals surface area contributed by atoms with E-state index in [2.05, 4.69) is 62.1 Å². The van der Waals surface area contributed by atoms with Gasteiger partial charge < -0.3 is 4.90 Å². The summed E-state index contributed by atoms with van der Waals surface area (Å²) in [7, 11) is 0. The van der Waals surface area contributed by atoms with E-state index in [1.165, 1.54) is 21.6 Å². The van der Waals surface area contributed by atoms with Crippen molar-refractivity contribution in [2.45, 2.75) is 45.9 Å². The minimum atomic E-state index is 0.117. The van der Waals surface area contributed by atoms with Crippen LogP contribution in [-0.4, -0.2) is 27.9 Å². The van der Waals surface area contributed by atoms with Gasteiger partial charge in [-0.2, -0.15) is 0 Å². The first-order chi connectivity index (χ1) is 12.9. The summed E-state index contributed by atoms with van der Waals surface area (Å²) in [5.74, 6) is 0.117. The Bertz CT molecular complexity index is 951. The summed E-state index contributed by atoms with van der Waals surface area (Å²) in [5.41, 5.74) is 5.79. The van der Waals surface area contributed by atoms with Gasteiger partial charge in [-0.3, -0.25) is 8.77 Å². The minimum Gasteiger partial charge on any atom is -0.339 e. The highest BCUT2D eigenvalue weighted by Gasteiger charge is 2.15. The number of aryl methyl sites for hydroxylation is 3. The summed E-state index contributed by atoms with van der Waals surface area (Å²) in [4.78, 5) is 15.9. The smallest absolute Gasteiger partial charge is 0.253 e. The van der Waals surface area contributed by atoms with E-state index in [-0.39, 0.29) is 5.91 Å². The third kappa shape index (κ3) is 4.06. The quantitative estimate of drug-likeness (QED) is 0.524. The molecule has 0 radical (unpaired) electrons. The number of aromatic nitrogens is 1. The molecular formula is C23H28N2OS. The van der Waals surface area contributed by atoms with Crippen molar-refractivity contribution in [3.05, 3.63) is 64.8 Å². The number of hydrogen-bond acceptors (Lipinski definition) is 2. The number of carbonyl (C=O) groups excluding carboxylic acids is 1. The standard InChI is InChI=1S/C23H28N2OS/c1-6-11-24(7-2)23(26)20-8-9-21-19(15-20)10-12-25(21)27-22-17(4)13-16(3)14-18(22)5/h8-10,12-15H,6-7,11H2,1-5H3. The Kier molecular flexibility index (Phi) is 5.95. The van der Waals surface area contributed by atoms with E-state index in [1.54, 1.807) is 11.9 Å². The van der Waals surface area contributed by atoms with E-state index in [4.69, 9.17) is 0 Å². The molecule has 27 heavy (non-hydrogen) atoms. The molecule has 1 aromatic heterocycles. The number of fused-ring (bicyclic) bond motifs is 1. The van der Waals surface area contributed by atoms with Crippen molar-refractivity contribution in [1.82, 2.24) is 8.87 Å². The van der Waals surface area contributed by atoms with Crippen LogP contribution in [0.2, 0.25) is 0 Å². The zero-order valence-electron chi connectivity index (χ0n) is 16.9. The van der Waals surface area contributed by atoms with Gasteiger partial charge in [-0.05, 0) is 81.5 Å². The number of carbonyl (C=O) groups is 1. The molecule has 1 amide bonds. The van der Waals surface area contributed by atoms with E-state index in [9.17, 15) is 4.79 Å². The first-order valence-electron chi connectivity index (χ1n) is 9.61. The Morgan fingerprint density at radius 2 is 1.74 bits per heavy atom. The number of benzene rings is 2. The molecule has 0 saturated carbocycles. The van der Waals surface area contributed by atoms with Crippen LogP contribution in [0.25, 0.3) is 10.9 Å². The molecule has 0 bridgehead atoms. The molecular weight excluding hydrogens is 352 g/mol. The summed E-state index contributed by atoms with van der Waals surface area (Å²) in [6.45, 7) is 12.1. The molecule has 0 N–H and O–H groups in total. The highest BCUT2D eigenvalue weighted by molar-refractivity contribution is 7.98. The minimum absolute atomic E-state index is 0.117. The fraction of sp³-hybridized carbons (Fsp3) is 0.348. The van der Waals surface area contributed by atoms with Gasteiger partial charge in [-0.25, -0.2) is 0 Å². The van der Waals surface area contributed by atoms with Crippen LogP contribution in [0, 0.1) is 20.8 Å². The molecule has 2 aromatic carbocycles. The van der Waals surface area contributed by atoms with Crippen molar-refractivity contribution < 1.29 is 4.79 Å². The summed E-state index contributed by atoms with van der Waals surface area (Å²) >= 11 is 1.74. The van der Waals surface area contributed by atoms with E-state index in [0.717, 1.165) is 36.0 Å². The summed E-state index contributed by atoms with van der Waals surface area (Å²) in [6.07, 6.45) is 3.07. The lowest BCUT2D eigenvalue weighted by Gasteiger charge is -2.20. The van der Waals surface area contributed by atoms with Gasteiger partial charge in [0.05, 0.1) is 5.52 Å². The Labute approximate surface area is 166 Å². The molecule has 3 aromatic rings. The fourth-order valence-electron chi connectivity index (χ4n) is 3.59. The molecule has 0 aliphatic heterocycles. The molecule has 3 nitrogen and oxygen atoms in total. The number of nitrogens with zero attached hydrogens (tertiary/aromatic N) is 2. The molecule has 1 heterocycles. The SMILES string of the molecule is CCCN(CC)C(=O)c1ccc2c(ccn2Sc2c(C)cc(C)cc2C)c1. The summed E-state index contributed by atoms with van der Waals surface area (Å²) < 4.78 is 2.19. The Hall–Kier alpha value is -2.20. The Morgan fingerprint density at radius 1 is 1.04 bits per heavy atom. The average Bonchev–Trinajstić information content (AvgIpc) is 3.04. The lowest BCUT2D eigenvalue weighted by Crippen LogP contribution is -2.31. The van der Waals surface area contributed by atoms with Crippen molar-refractivity contribution in [3.8, 4) is 0 Å². The van der Waals surface area contributed by atoms with Gasteiger partial charge in [0.1, 0.15) is 0 Å². The maximum atomic E-state index is 12.7. The summed E-state index contributed by atoms with van der Waals surface area (Å²) in [6, 6.07) is 12.6. The van der Waals surface area contributed by atoms with Crippen LogP contribution in [0.1, 0.15) is 47.3 Å². The molecule has 0 fully saturated rings. The third-order valence-corrected chi connectivity index (χ3v) is 6.20. The van der Waals surface area contributed by atoms with Gasteiger partial charge in [0.25, 0.3) is 5.91 Å². The highest BCUT2D eigenvalue weighted by Crippen LogP contribution is 2.32. The van der Waals surface area contributed by atoms with Gasteiger partial charge >= 0.3 is 0 Å². The molecule has 0 unspecified atom stereocenters. The maximum Gasteiger partial charge on any atom is 0.253 e. The second-order valence-corrected chi connectivity index (χ2v) is 8.10. The van der Waals surface area contributed by atoms with Crippen LogP contribution in [0.3, 0.4) is 0 Å². The third-order valence-electron chi connectivity index (χ3n) is 4.86. The van der Waals surface area contributed by atoms with Gasteiger partial charge in [-0.1, -0.05) is 24.6 Å². The number of amides is 1. The Balaban J connectivity index is 1.92. The lowest BCUT2D eigenvalue weighted by atomic mass is 10.1. The monoisotopic (exact) mass is 380 g/mol. The molecule has 142 valence electrons. The molecule has 0 aliphatic carbocycles. The molecule has 0 aliphatic rings. The van der Waals surface area contributed by atoms with Crippen molar-refractivity contribution >= 4 is 28.8 Å². The second kappa shape index (κ2) is 8.22. The van der Waals surface area contributed by atoms with Crippen LogP contribution in [0.15, 0.2) is 47.5 Å². The van der Waals surface area contributed by atoms with Crippen LogP contribution >= 0.6 is 11.9 Å². The van der Waals surface area contributed by atoms with E-state index in [0.29, 0.717) is 0 Å². The van der Waals surface area contributed by atoms with E-state index >= 15 is 0 Å². The Morgan fingerprint density at radius 3 is 2.37 bits per heavy atom. The highest BCUT2D eigenvalue weighted by atomic mass is 32.2. The molecule has 0 atom stereocenters. The predicted octanol–water partition coefficient (Wildman–Crippen LogP) is 5.99. The number of rotatable bonds is 6. The van der Waals surface area contributed by atoms with Crippen LogP contribution in [0.5, 0.6) is 0 Å². The largest absolute Gasteiger partial charge is 0.339 e. The normalized spacial score (nSPS) is 11.1. The second-order valence-electron chi connectivity index (χ2n) is 7.12. The van der Waals surface area contributed by atoms with Gasteiger partial charge in [0, 0.05) is 35.1 Å². The van der Waals surface area contributed by atoms with E-state index in [1.807, 2.05) is 24.0 Å². The molecule has 3 rings (SSSR count). The topological polar surface area (TPSA) is 25.2 Å². The van der Waals surface area contributed by atoms with Crippen molar-refractivity contribution in [3.63, 3.8) is 0 Å².